The molecule has 3 aromatic carbocycles. The van der Waals surface area contributed by atoms with E-state index < -0.39 is 11.4 Å². The Morgan fingerprint density at radius 2 is 1.74 bits per heavy atom. The lowest BCUT2D eigenvalue weighted by Crippen LogP contribution is -2.53. The monoisotopic (exact) mass is 468 g/mol. The summed E-state index contributed by atoms with van der Waals surface area (Å²) in [5, 5.41) is 4.79. The fourth-order valence-corrected chi connectivity index (χ4v) is 3.91. The molecule has 0 aliphatic carbocycles. The average molecular weight is 469 g/mol. The third-order valence-electron chi connectivity index (χ3n) is 6.07. The third-order valence-corrected chi connectivity index (χ3v) is 6.07. The number of hydrogen-bond acceptors (Lipinski definition) is 6. The van der Waals surface area contributed by atoms with Crippen LogP contribution < -0.4 is 16.8 Å². The highest BCUT2D eigenvalue weighted by Gasteiger charge is 2.34. The number of aromatic nitrogens is 1. The number of amides is 1. The van der Waals surface area contributed by atoms with Gasteiger partial charge in [0.25, 0.3) is 0 Å². The Hall–Kier alpha value is -4.07. The van der Waals surface area contributed by atoms with Crippen molar-refractivity contribution in [1.82, 2.24) is 4.98 Å². The van der Waals surface area contributed by atoms with Gasteiger partial charge >= 0.3 is 5.97 Å². The molecule has 1 aromatic heterocycles. The number of nitrogens with zero attached hydrogens (tertiary/aromatic N) is 1. The molecule has 5 N–H and O–H groups in total. The van der Waals surface area contributed by atoms with Gasteiger partial charge in [0, 0.05) is 30.0 Å². The molecule has 1 amide bonds. The molecule has 0 saturated carbocycles. The average Bonchev–Trinajstić information content (AvgIpc) is 2.87. The van der Waals surface area contributed by atoms with Crippen LogP contribution in [0.2, 0.25) is 0 Å². The van der Waals surface area contributed by atoms with Crippen LogP contribution in [-0.2, 0) is 21.7 Å². The molecule has 178 valence electrons. The zero-order chi connectivity index (χ0) is 25.0. The van der Waals surface area contributed by atoms with Gasteiger partial charge in [-0.1, -0.05) is 48.0 Å². The molecule has 35 heavy (non-hydrogen) atoms. The summed E-state index contributed by atoms with van der Waals surface area (Å²) in [6.45, 7) is 3.87. The number of nitrogens with two attached hydrogens (primary N) is 2. The number of hydrogen-bond donors (Lipinski definition) is 3. The van der Waals surface area contributed by atoms with Crippen molar-refractivity contribution in [3.05, 3.63) is 107 Å². The minimum atomic E-state index is -1.43. The van der Waals surface area contributed by atoms with Crippen LogP contribution in [0.3, 0.4) is 0 Å². The second-order valence-electron chi connectivity index (χ2n) is 8.66. The Balaban J connectivity index is 1.44. The zero-order valence-corrected chi connectivity index (χ0v) is 19.7. The standard InChI is InChI=1S/C28H28N4O3/c1-18-3-10-25(19(2)13-18)26(33)35-16-20-4-7-23(8-5-20)28(30,17-29)27(34)32-24-9-6-22-15-31-12-11-21(22)14-24/h3-15H,16-17,29-30H2,1-2H3,(H,32,34). The first-order valence-corrected chi connectivity index (χ1v) is 11.3. The Morgan fingerprint density at radius 3 is 2.46 bits per heavy atom. The highest BCUT2D eigenvalue weighted by Crippen LogP contribution is 2.23. The predicted octanol–water partition coefficient (Wildman–Crippen LogP) is 3.96. The zero-order valence-electron chi connectivity index (χ0n) is 19.7. The van der Waals surface area contributed by atoms with Gasteiger partial charge in [-0.15, -0.1) is 0 Å². The highest BCUT2D eigenvalue weighted by molar-refractivity contribution is 6.00. The van der Waals surface area contributed by atoms with E-state index >= 15 is 0 Å². The summed E-state index contributed by atoms with van der Waals surface area (Å²) in [6.07, 6.45) is 3.46. The molecular weight excluding hydrogens is 440 g/mol. The van der Waals surface area contributed by atoms with Gasteiger partial charge in [0.05, 0.1) is 5.56 Å². The van der Waals surface area contributed by atoms with Crippen molar-refractivity contribution < 1.29 is 14.3 Å². The fourth-order valence-electron chi connectivity index (χ4n) is 3.91. The second-order valence-corrected chi connectivity index (χ2v) is 8.66. The second kappa shape index (κ2) is 10.0. The molecule has 7 nitrogen and oxygen atoms in total. The highest BCUT2D eigenvalue weighted by atomic mass is 16.5. The molecular formula is C28H28N4O3. The lowest BCUT2D eigenvalue weighted by Gasteiger charge is -2.27. The van der Waals surface area contributed by atoms with Crippen LogP contribution in [-0.4, -0.2) is 23.4 Å². The van der Waals surface area contributed by atoms with Crippen LogP contribution in [0.15, 0.2) is 79.1 Å². The number of carbonyl (C=O) groups excluding carboxylic acids is 2. The molecule has 1 unspecified atom stereocenters. The Labute approximate surface area is 204 Å². The molecule has 7 heteroatoms. The summed E-state index contributed by atoms with van der Waals surface area (Å²) in [7, 11) is 0. The molecule has 0 bridgehead atoms. The van der Waals surface area contributed by atoms with Crippen LogP contribution >= 0.6 is 0 Å². The number of nitrogens with one attached hydrogen (secondary N) is 1. The molecule has 0 radical (unpaired) electrons. The number of fused-ring (bicyclic) bond motifs is 1. The fraction of sp³-hybridized carbons (Fsp3) is 0.179. The summed E-state index contributed by atoms with van der Waals surface area (Å²) in [4.78, 5) is 29.7. The van der Waals surface area contributed by atoms with Gasteiger partial charge in [-0.05, 0) is 60.2 Å². The normalized spacial score (nSPS) is 12.7. The number of anilines is 1. The van der Waals surface area contributed by atoms with E-state index in [0.717, 1.165) is 27.5 Å². The summed E-state index contributed by atoms with van der Waals surface area (Å²) in [5.74, 6) is -0.797. The first-order valence-electron chi connectivity index (χ1n) is 11.3. The van der Waals surface area contributed by atoms with Gasteiger partial charge < -0.3 is 21.5 Å². The first kappa shape index (κ1) is 24.1. The predicted molar refractivity (Wildman–Crippen MR) is 137 cm³/mol. The minimum Gasteiger partial charge on any atom is -0.457 e. The Morgan fingerprint density at radius 1 is 0.971 bits per heavy atom. The SMILES string of the molecule is Cc1ccc(C(=O)OCc2ccc(C(N)(CN)C(=O)Nc3ccc4cnccc4c3)cc2)c(C)c1. The maximum Gasteiger partial charge on any atom is 0.338 e. The van der Waals surface area contributed by atoms with Crippen LogP contribution in [0, 0.1) is 13.8 Å². The van der Waals surface area contributed by atoms with E-state index in [2.05, 4.69) is 10.3 Å². The lowest BCUT2D eigenvalue weighted by atomic mass is 9.89. The maximum atomic E-state index is 13.1. The quantitative estimate of drug-likeness (QED) is 0.353. The topological polar surface area (TPSA) is 120 Å². The van der Waals surface area contributed by atoms with Crippen molar-refractivity contribution in [3.63, 3.8) is 0 Å². The minimum absolute atomic E-state index is 0.0859. The van der Waals surface area contributed by atoms with Crippen molar-refractivity contribution in [3.8, 4) is 0 Å². The van der Waals surface area contributed by atoms with E-state index in [1.165, 1.54) is 0 Å². The van der Waals surface area contributed by atoms with Crippen molar-refractivity contribution >= 4 is 28.3 Å². The van der Waals surface area contributed by atoms with Gasteiger partial charge in [0.1, 0.15) is 12.1 Å². The number of rotatable bonds is 7. The molecule has 0 spiro atoms. The number of benzene rings is 3. The van der Waals surface area contributed by atoms with E-state index in [9.17, 15) is 9.59 Å². The van der Waals surface area contributed by atoms with E-state index in [-0.39, 0.29) is 19.1 Å². The number of carbonyl (C=O) groups is 2. The van der Waals surface area contributed by atoms with Crippen molar-refractivity contribution in [1.29, 1.82) is 0 Å². The molecule has 0 fully saturated rings. The van der Waals surface area contributed by atoms with Gasteiger partial charge in [-0.3, -0.25) is 9.78 Å². The Kier molecular flexibility index (Phi) is 6.91. The van der Waals surface area contributed by atoms with Crippen LogP contribution in [0.1, 0.15) is 32.6 Å². The van der Waals surface area contributed by atoms with Gasteiger partial charge in [-0.25, -0.2) is 4.79 Å². The smallest absolute Gasteiger partial charge is 0.338 e. The number of esters is 1. The lowest BCUT2D eigenvalue weighted by molar-refractivity contribution is -0.121. The van der Waals surface area contributed by atoms with Gasteiger partial charge in [0.2, 0.25) is 5.91 Å². The van der Waals surface area contributed by atoms with Crippen molar-refractivity contribution in [2.24, 2.45) is 11.5 Å². The summed E-state index contributed by atoms with van der Waals surface area (Å²) in [5.41, 5.74) is 15.4. The molecule has 0 saturated heterocycles. The molecule has 1 atom stereocenters. The summed E-state index contributed by atoms with van der Waals surface area (Å²) < 4.78 is 5.47. The van der Waals surface area contributed by atoms with Crippen LogP contribution in [0.5, 0.6) is 0 Å². The van der Waals surface area contributed by atoms with Gasteiger partial charge in [0.15, 0.2) is 0 Å². The van der Waals surface area contributed by atoms with Crippen LogP contribution in [0.25, 0.3) is 10.8 Å². The maximum absolute atomic E-state index is 13.1. The third kappa shape index (κ3) is 5.21. The largest absolute Gasteiger partial charge is 0.457 e. The number of pyridine rings is 1. The number of aryl methyl sites for hydroxylation is 2. The van der Waals surface area contributed by atoms with E-state index in [1.807, 2.05) is 44.2 Å². The number of ether oxygens (including phenoxy) is 1. The summed E-state index contributed by atoms with van der Waals surface area (Å²) >= 11 is 0. The Bertz CT molecular complexity index is 1380. The molecule has 0 aliphatic rings. The van der Waals surface area contributed by atoms with E-state index in [1.54, 1.807) is 48.8 Å². The molecule has 4 rings (SSSR count). The molecule has 0 aliphatic heterocycles. The van der Waals surface area contributed by atoms with Crippen molar-refractivity contribution in [2.45, 2.75) is 26.0 Å². The first-order chi connectivity index (χ1) is 16.8. The van der Waals surface area contributed by atoms with E-state index in [4.69, 9.17) is 16.2 Å². The van der Waals surface area contributed by atoms with Crippen LogP contribution in [0.4, 0.5) is 5.69 Å². The molecule has 4 aromatic rings. The molecule has 1 heterocycles. The van der Waals surface area contributed by atoms with Crippen molar-refractivity contribution in [2.75, 3.05) is 11.9 Å². The van der Waals surface area contributed by atoms with E-state index in [0.29, 0.717) is 16.8 Å². The van der Waals surface area contributed by atoms with Gasteiger partial charge in [-0.2, -0.15) is 0 Å². The summed E-state index contributed by atoms with van der Waals surface area (Å²) in [6, 6.07) is 20.0.